The number of hydrogen-bond acceptors (Lipinski definition) is 5. The molecule has 0 bridgehead atoms. The molecule has 1 heterocycles. The highest BCUT2D eigenvalue weighted by atomic mass is 16.5. The molecular weight excluding hydrogens is 218 g/mol. The predicted octanol–water partition coefficient (Wildman–Crippen LogP) is 2.12. The Labute approximate surface area is 98.9 Å². The maximum Gasteiger partial charge on any atom is 0.160 e. The van der Waals surface area contributed by atoms with Gasteiger partial charge in [-0.1, -0.05) is 0 Å². The van der Waals surface area contributed by atoms with E-state index in [1.165, 1.54) is 7.11 Å². The lowest BCUT2D eigenvalue weighted by atomic mass is 10.2. The van der Waals surface area contributed by atoms with E-state index in [9.17, 15) is 5.11 Å². The highest BCUT2D eigenvalue weighted by molar-refractivity contribution is 5.69. The van der Waals surface area contributed by atoms with Crippen molar-refractivity contribution in [1.29, 1.82) is 0 Å². The lowest BCUT2D eigenvalue weighted by Crippen LogP contribution is -1.98. The van der Waals surface area contributed by atoms with Crippen LogP contribution in [0.15, 0.2) is 36.5 Å². The summed E-state index contributed by atoms with van der Waals surface area (Å²) >= 11 is 0. The normalized spacial score (nSPS) is 9.94. The van der Waals surface area contributed by atoms with Crippen LogP contribution in [0.1, 0.15) is 0 Å². The van der Waals surface area contributed by atoms with E-state index in [2.05, 4.69) is 10.3 Å². The van der Waals surface area contributed by atoms with E-state index in [1.807, 2.05) is 0 Å². The summed E-state index contributed by atoms with van der Waals surface area (Å²) in [6.45, 7) is 0. The van der Waals surface area contributed by atoms with E-state index in [1.54, 1.807) is 36.5 Å². The number of hydrogen-bond donors (Lipinski definition) is 3. The second-order valence-corrected chi connectivity index (χ2v) is 3.45. The van der Waals surface area contributed by atoms with Crippen LogP contribution < -0.4 is 15.8 Å². The molecule has 0 unspecified atom stereocenters. The molecule has 0 atom stereocenters. The second-order valence-electron chi connectivity index (χ2n) is 3.45. The molecule has 0 radical (unpaired) electrons. The third-order valence-electron chi connectivity index (χ3n) is 2.28. The molecule has 4 N–H and O–H groups in total. The summed E-state index contributed by atoms with van der Waals surface area (Å²) in [5, 5.41) is 12.6. The number of aromatic hydroxyl groups is 1. The van der Waals surface area contributed by atoms with Crippen LogP contribution in [0.5, 0.6) is 11.5 Å². The van der Waals surface area contributed by atoms with Crippen LogP contribution >= 0.6 is 0 Å². The SMILES string of the molecule is COc1ccc(Nc2ncccc2N)cc1O. The Morgan fingerprint density at radius 1 is 1.35 bits per heavy atom. The number of ether oxygens (including phenoxy) is 1. The summed E-state index contributed by atoms with van der Waals surface area (Å²) in [6.07, 6.45) is 1.64. The summed E-state index contributed by atoms with van der Waals surface area (Å²) in [7, 11) is 1.50. The Balaban J connectivity index is 2.25. The molecular formula is C12H13N3O2. The summed E-state index contributed by atoms with van der Waals surface area (Å²) in [5.74, 6) is 1.04. The van der Waals surface area contributed by atoms with Gasteiger partial charge in [-0.05, 0) is 24.3 Å². The van der Waals surface area contributed by atoms with E-state index in [0.717, 1.165) is 0 Å². The van der Waals surface area contributed by atoms with Crippen LogP contribution in [0.3, 0.4) is 0 Å². The molecule has 2 rings (SSSR count). The van der Waals surface area contributed by atoms with Gasteiger partial charge in [-0.3, -0.25) is 0 Å². The number of methoxy groups -OCH3 is 1. The van der Waals surface area contributed by atoms with Crippen LogP contribution in [0.25, 0.3) is 0 Å². The van der Waals surface area contributed by atoms with Crippen LogP contribution in [-0.4, -0.2) is 17.2 Å². The van der Waals surface area contributed by atoms with E-state index >= 15 is 0 Å². The van der Waals surface area contributed by atoms with Gasteiger partial charge in [0.05, 0.1) is 12.8 Å². The monoisotopic (exact) mass is 231 g/mol. The zero-order chi connectivity index (χ0) is 12.3. The van der Waals surface area contributed by atoms with Gasteiger partial charge in [-0.15, -0.1) is 0 Å². The van der Waals surface area contributed by atoms with Gasteiger partial charge in [0, 0.05) is 18.0 Å². The molecule has 0 aliphatic rings. The maximum absolute atomic E-state index is 9.62. The number of nitrogens with one attached hydrogen (secondary N) is 1. The molecule has 17 heavy (non-hydrogen) atoms. The van der Waals surface area contributed by atoms with E-state index < -0.39 is 0 Å². The molecule has 0 aliphatic carbocycles. The van der Waals surface area contributed by atoms with Gasteiger partial charge < -0.3 is 20.9 Å². The highest BCUT2D eigenvalue weighted by Gasteiger charge is 2.04. The number of aromatic nitrogens is 1. The molecule has 5 nitrogen and oxygen atoms in total. The number of nitrogens with zero attached hydrogens (tertiary/aromatic N) is 1. The zero-order valence-electron chi connectivity index (χ0n) is 9.34. The summed E-state index contributed by atoms with van der Waals surface area (Å²) in [4.78, 5) is 4.10. The second kappa shape index (κ2) is 4.61. The fourth-order valence-corrected chi connectivity index (χ4v) is 1.43. The number of anilines is 3. The van der Waals surface area contributed by atoms with Crippen molar-refractivity contribution in [1.82, 2.24) is 4.98 Å². The van der Waals surface area contributed by atoms with Crippen molar-refractivity contribution in [3.05, 3.63) is 36.5 Å². The Morgan fingerprint density at radius 2 is 2.18 bits per heavy atom. The number of phenols is 1. The maximum atomic E-state index is 9.62. The lowest BCUT2D eigenvalue weighted by Gasteiger charge is -2.09. The highest BCUT2D eigenvalue weighted by Crippen LogP contribution is 2.30. The van der Waals surface area contributed by atoms with Crippen LogP contribution in [0.2, 0.25) is 0 Å². The number of nitrogens with two attached hydrogens (primary N) is 1. The van der Waals surface area contributed by atoms with Crippen molar-refractivity contribution in [2.45, 2.75) is 0 Å². The van der Waals surface area contributed by atoms with Gasteiger partial charge in [-0.25, -0.2) is 4.98 Å². The molecule has 1 aromatic heterocycles. The average molecular weight is 231 g/mol. The largest absolute Gasteiger partial charge is 0.504 e. The first-order valence-corrected chi connectivity index (χ1v) is 5.05. The Hall–Kier alpha value is -2.43. The summed E-state index contributed by atoms with van der Waals surface area (Å²) in [6, 6.07) is 8.49. The molecule has 0 aliphatic heterocycles. The van der Waals surface area contributed by atoms with Crippen molar-refractivity contribution in [3.8, 4) is 11.5 Å². The van der Waals surface area contributed by atoms with Crippen LogP contribution in [-0.2, 0) is 0 Å². The molecule has 5 heteroatoms. The summed E-state index contributed by atoms with van der Waals surface area (Å²) in [5.41, 5.74) is 6.98. The molecule has 2 aromatic rings. The van der Waals surface area contributed by atoms with Crippen LogP contribution in [0, 0.1) is 0 Å². The van der Waals surface area contributed by atoms with Crippen molar-refractivity contribution in [3.63, 3.8) is 0 Å². The van der Waals surface area contributed by atoms with Gasteiger partial charge in [-0.2, -0.15) is 0 Å². The molecule has 0 saturated heterocycles. The van der Waals surface area contributed by atoms with E-state index in [0.29, 0.717) is 22.9 Å². The minimum atomic E-state index is 0.0620. The fourth-order valence-electron chi connectivity index (χ4n) is 1.43. The molecule has 1 aromatic carbocycles. The number of nitrogen functional groups attached to an aromatic ring is 1. The Kier molecular flexibility index (Phi) is 3.00. The zero-order valence-corrected chi connectivity index (χ0v) is 9.34. The first-order chi connectivity index (χ1) is 8.20. The quantitative estimate of drug-likeness (QED) is 0.754. The van der Waals surface area contributed by atoms with E-state index in [-0.39, 0.29) is 5.75 Å². The topological polar surface area (TPSA) is 80.4 Å². The number of pyridine rings is 1. The molecule has 0 amide bonds. The Morgan fingerprint density at radius 3 is 2.82 bits per heavy atom. The molecule has 0 fully saturated rings. The standard InChI is InChI=1S/C12H13N3O2/c1-17-11-5-4-8(7-10(11)16)15-12-9(13)3-2-6-14-12/h2-7,16H,13H2,1H3,(H,14,15). The first-order valence-electron chi connectivity index (χ1n) is 5.05. The van der Waals surface area contributed by atoms with Gasteiger partial charge in [0.1, 0.15) is 0 Å². The first kappa shape index (κ1) is 11.1. The van der Waals surface area contributed by atoms with Crippen molar-refractivity contribution >= 4 is 17.2 Å². The Bertz CT molecular complexity index is 529. The molecule has 88 valence electrons. The third kappa shape index (κ3) is 2.39. The minimum absolute atomic E-state index is 0.0620. The van der Waals surface area contributed by atoms with Gasteiger partial charge in [0.2, 0.25) is 0 Å². The average Bonchev–Trinajstić information content (AvgIpc) is 2.32. The van der Waals surface area contributed by atoms with Crippen molar-refractivity contribution in [2.24, 2.45) is 0 Å². The van der Waals surface area contributed by atoms with Crippen molar-refractivity contribution < 1.29 is 9.84 Å². The van der Waals surface area contributed by atoms with Gasteiger partial charge in [0.15, 0.2) is 17.3 Å². The smallest absolute Gasteiger partial charge is 0.160 e. The number of rotatable bonds is 3. The van der Waals surface area contributed by atoms with Gasteiger partial charge >= 0.3 is 0 Å². The summed E-state index contributed by atoms with van der Waals surface area (Å²) < 4.78 is 4.96. The van der Waals surface area contributed by atoms with Crippen LogP contribution in [0.4, 0.5) is 17.2 Å². The van der Waals surface area contributed by atoms with E-state index in [4.69, 9.17) is 10.5 Å². The molecule has 0 spiro atoms. The minimum Gasteiger partial charge on any atom is -0.504 e. The lowest BCUT2D eigenvalue weighted by molar-refractivity contribution is 0.373. The van der Waals surface area contributed by atoms with Crippen molar-refractivity contribution in [2.75, 3.05) is 18.2 Å². The number of benzene rings is 1. The third-order valence-corrected chi connectivity index (χ3v) is 2.28. The predicted molar refractivity (Wildman–Crippen MR) is 66.6 cm³/mol. The fraction of sp³-hybridized carbons (Fsp3) is 0.0833. The van der Waals surface area contributed by atoms with Gasteiger partial charge in [0.25, 0.3) is 0 Å². The molecule has 0 saturated carbocycles. The number of phenolic OH excluding ortho intramolecular Hbond substituents is 1.